The molecule has 1 fully saturated rings. The predicted molar refractivity (Wildman–Crippen MR) is 136 cm³/mol. The Morgan fingerprint density at radius 2 is 1.38 bits per heavy atom. The second-order valence-electron chi connectivity index (χ2n) is 9.90. The molecule has 2 aromatic rings. The summed E-state index contributed by atoms with van der Waals surface area (Å²) < 4.78 is 61.3. The van der Waals surface area contributed by atoms with E-state index in [-0.39, 0.29) is 39.8 Å². The largest absolute Gasteiger partial charge is 0.296 e. The lowest BCUT2D eigenvalue weighted by Gasteiger charge is -2.55. The van der Waals surface area contributed by atoms with Crippen molar-refractivity contribution in [3.63, 3.8) is 0 Å². The summed E-state index contributed by atoms with van der Waals surface area (Å²) in [6.07, 6.45) is 2.26. The maximum atomic E-state index is 12.7. The van der Waals surface area contributed by atoms with Crippen LogP contribution in [0, 0.1) is 30.6 Å². The van der Waals surface area contributed by atoms with Gasteiger partial charge in [0, 0.05) is 5.33 Å². The lowest BCUT2D eigenvalue weighted by molar-refractivity contribution is -0.0710. The molecule has 1 aliphatic rings. The van der Waals surface area contributed by atoms with Crippen molar-refractivity contribution in [2.24, 2.45) is 16.7 Å². The fourth-order valence-electron chi connectivity index (χ4n) is 4.62. The zero-order valence-electron chi connectivity index (χ0n) is 20.1. The monoisotopic (exact) mass is 572 g/mol. The first-order valence-electron chi connectivity index (χ1n) is 11.3. The Morgan fingerprint density at radius 3 is 1.79 bits per heavy atom. The fourth-order valence-corrected chi connectivity index (χ4v) is 7.23. The Bertz CT molecular complexity index is 1190. The van der Waals surface area contributed by atoms with Crippen molar-refractivity contribution in [1.82, 2.24) is 0 Å². The van der Waals surface area contributed by atoms with E-state index < -0.39 is 20.2 Å². The van der Waals surface area contributed by atoms with Gasteiger partial charge in [0.15, 0.2) is 0 Å². The first kappa shape index (κ1) is 27.3. The van der Waals surface area contributed by atoms with E-state index in [1.54, 1.807) is 48.5 Å². The minimum absolute atomic E-state index is 0.0490. The number of hydrogen-bond acceptors (Lipinski definition) is 6. The van der Waals surface area contributed by atoms with Crippen molar-refractivity contribution < 1.29 is 25.2 Å². The third-order valence-electron chi connectivity index (χ3n) is 7.07. The topological polar surface area (TPSA) is 86.7 Å². The molecule has 2 aromatic carbocycles. The van der Waals surface area contributed by atoms with Gasteiger partial charge in [-0.05, 0) is 74.1 Å². The quantitative estimate of drug-likeness (QED) is 0.256. The molecule has 3 atom stereocenters. The maximum Gasteiger partial charge on any atom is 0.296 e. The lowest BCUT2D eigenvalue weighted by Crippen LogP contribution is -2.51. The van der Waals surface area contributed by atoms with Crippen LogP contribution in [0.5, 0.6) is 0 Å². The molecule has 3 rings (SSSR count). The van der Waals surface area contributed by atoms with Gasteiger partial charge in [-0.1, -0.05) is 65.2 Å². The molecule has 0 bridgehead atoms. The second-order valence-corrected chi connectivity index (χ2v) is 13.7. The van der Waals surface area contributed by atoms with E-state index in [1.807, 2.05) is 20.8 Å². The highest BCUT2D eigenvalue weighted by molar-refractivity contribution is 9.09. The van der Waals surface area contributed by atoms with Crippen molar-refractivity contribution in [2.75, 3.05) is 18.5 Å². The highest BCUT2D eigenvalue weighted by Gasteiger charge is 2.52. The highest BCUT2D eigenvalue weighted by atomic mass is 79.9. The Hall–Kier alpha value is -1.26. The zero-order valence-corrected chi connectivity index (χ0v) is 23.3. The number of rotatable bonds is 11. The number of hydrogen-bond donors (Lipinski definition) is 0. The molecule has 0 heterocycles. The van der Waals surface area contributed by atoms with E-state index in [0.717, 1.165) is 24.0 Å². The number of benzene rings is 2. The molecule has 0 spiro atoms. The van der Waals surface area contributed by atoms with Crippen LogP contribution >= 0.6 is 15.9 Å². The summed E-state index contributed by atoms with van der Waals surface area (Å²) in [5, 5.41) is 0.638. The van der Waals surface area contributed by atoms with Crippen molar-refractivity contribution in [1.29, 1.82) is 0 Å². The van der Waals surface area contributed by atoms with Gasteiger partial charge >= 0.3 is 0 Å². The van der Waals surface area contributed by atoms with Gasteiger partial charge in [-0.15, -0.1) is 0 Å². The molecular formula is C25H33BrO6S2. The van der Waals surface area contributed by atoms with Crippen molar-refractivity contribution >= 4 is 36.2 Å². The smallest absolute Gasteiger partial charge is 0.266 e. The third kappa shape index (κ3) is 6.10. The van der Waals surface area contributed by atoms with Crippen LogP contribution in [0.15, 0.2) is 58.3 Å². The van der Waals surface area contributed by atoms with Crippen LogP contribution in [0.1, 0.15) is 44.2 Å². The Balaban J connectivity index is 1.63. The standard InChI is InChI=1S/C25H33BrO6S2/c1-19-5-9-21(10-6-19)33(27,28)31-16-15-24(3,17-26)23-13-14-25(23,4)18-32-34(29,30)22-11-7-20(2)8-12-22/h5-12,23H,13-18H2,1-4H3. The molecule has 188 valence electrons. The van der Waals surface area contributed by atoms with E-state index in [4.69, 9.17) is 8.37 Å². The maximum absolute atomic E-state index is 12.7. The minimum Gasteiger partial charge on any atom is -0.266 e. The van der Waals surface area contributed by atoms with Gasteiger partial charge in [0.25, 0.3) is 20.2 Å². The van der Waals surface area contributed by atoms with Crippen LogP contribution in [0.3, 0.4) is 0 Å². The average molecular weight is 574 g/mol. The SMILES string of the molecule is Cc1ccc(S(=O)(=O)OCCC(C)(CBr)C2CCC2(C)COS(=O)(=O)c2ccc(C)cc2)cc1. The van der Waals surface area contributed by atoms with Gasteiger partial charge in [-0.25, -0.2) is 0 Å². The van der Waals surface area contributed by atoms with Crippen LogP contribution in [-0.4, -0.2) is 35.4 Å². The molecule has 0 N–H and O–H groups in total. The Labute approximate surface area is 212 Å². The average Bonchev–Trinajstić information content (AvgIpc) is 2.77. The van der Waals surface area contributed by atoms with Gasteiger partial charge in [-0.3, -0.25) is 8.37 Å². The first-order chi connectivity index (χ1) is 15.8. The Kier molecular flexibility index (Phi) is 8.35. The van der Waals surface area contributed by atoms with Crippen molar-refractivity contribution in [2.45, 2.75) is 56.7 Å². The van der Waals surface area contributed by atoms with Crippen LogP contribution in [0.2, 0.25) is 0 Å². The number of halogens is 1. The van der Waals surface area contributed by atoms with Crippen LogP contribution < -0.4 is 0 Å². The van der Waals surface area contributed by atoms with Crippen LogP contribution in [-0.2, 0) is 28.6 Å². The summed E-state index contributed by atoms with van der Waals surface area (Å²) in [4.78, 5) is 0.289. The molecule has 1 aliphatic carbocycles. The minimum atomic E-state index is -3.85. The number of aryl methyl sites for hydroxylation is 2. The molecule has 3 unspecified atom stereocenters. The van der Waals surface area contributed by atoms with E-state index in [9.17, 15) is 16.8 Å². The second kappa shape index (κ2) is 10.4. The first-order valence-corrected chi connectivity index (χ1v) is 15.2. The van der Waals surface area contributed by atoms with E-state index >= 15 is 0 Å². The summed E-state index contributed by atoms with van der Waals surface area (Å²) in [5.41, 5.74) is 1.33. The molecule has 0 radical (unpaired) electrons. The highest BCUT2D eigenvalue weighted by Crippen LogP contribution is 2.57. The molecule has 0 saturated heterocycles. The summed E-state index contributed by atoms with van der Waals surface area (Å²) >= 11 is 3.60. The van der Waals surface area contributed by atoms with Gasteiger partial charge in [0.05, 0.1) is 23.0 Å². The molecule has 0 aliphatic heterocycles. The zero-order chi connectivity index (χ0) is 25.2. The van der Waals surface area contributed by atoms with Gasteiger partial charge < -0.3 is 0 Å². The van der Waals surface area contributed by atoms with Gasteiger partial charge in [0.1, 0.15) is 0 Å². The van der Waals surface area contributed by atoms with Gasteiger partial charge in [0.2, 0.25) is 0 Å². The van der Waals surface area contributed by atoms with Crippen molar-refractivity contribution in [3.8, 4) is 0 Å². The predicted octanol–water partition coefficient (Wildman–Crippen LogP) is 5.62. The van der Waals surface area contributed by atoms with Crippen LogP contribution in [0.25, 0.3) is 0 Å². The van der Waals surface area contributed by atoms with Crippen LogP contribution in [0.4, 0.5) is 0 Å². The van der Waals surface area contributed by atoms with Gasteiger partial charge in [-0.2, -0.15) is 16.8 Å². The summed E-state index contributed by atoms with van der Waals surface area (Å²) in [7, 11) is -7.68. The molecular weight excluding hydrogens is 540 g/mol. The summed E-state index contributed by atoms with van der Waals surface area (Å²) in [5.74, 6) is 0.151. The molecule has 0 amide bonds. The Morgan fingerprint density at radius 1 is 0.912 bits per heavy atom. The fraction of sp³-hybridized carbons (Fsp3) is 0.520. The van der Waals surface area contributed by atoms with E-state index in [0.29, 0.717) is 11.8 Å². The normalized spacial score (nSPS) is 22.7. The molecule has 9 heteroatoms. The number of alkyl halides is 1. The van der Waals surface area contributed by atoms with E-state index in [2.05, 4.69) is 22.9 Å². The summed E-state index contributed by atoms with van der Waals surface area (Å²) in [6, 6.07) is 13.2. The van der Waals surface area contributed by atoms with Crippen molar-refractivity contribution in [3.05, 3.63) is 59.7 Å². The molecule has 0 aromatic heterocycles. The third-order valence-corrected chi connectivity index (χ3v) is 11.0. The summed E-state index contributed by atoms with van der Waals surface area (Å²) in [6.45, 7) is 8.04. The molecule has 34 heavy (non-hydrogen) atoms. The van der Waals surface area contributed by atoms with E-state index in [1.165, 1.54) is 0 Å². The molecule has 1 saturated carbocycles. The molecule has 6 nitrogen and oxygen atoms in total. The lowest BCUT2D eigenvalue weighted by atomic mass is 9.52.